The Balaban J connectivity index is 0.000000562. The molecular formula is C10H12N2NaOS-. The minimum Gasteiger partial charge on any atom is -0.813 e. The Bertz CT molecular complexity index is 337. The Morgan fingerprint density at radius 2 is 2.40 bits per heavy atom. The molecule has 1 aromatic heterocycles. The van der Waals surface area contributed by atoms with Gasteiger partial charge in [0.1, 0.15) is 6.61 Å². The van der Waals surface area contributed by atoms with Crippen LogP contribution >= 0.6 is 0 Å². The summed E-state index contributed by atoms with van der Waals surface area (Å²) in [6.45, 7) is 1.92. The third-order valence-corrected chi connectivity index (χ3v) is 2.76. The summed E-state index contributed by atoms with van der Waals surface area (Å²) in [4.78, 5) is 6.67. The van der Waals surface area contributed by atoms with Crippen molar-refractivity contribution in [3.63, 3.8) is 0 Å². The molecule has 0 spiro atoms. The molecule has 5 heteroatoms. The van der Waals surface area contributed by atoms with Gasteiger partial charge in [-0.3, -0.25) is 0 Å². The van der Waals surface area contributed by atoms with Crippen LogP contribution in [0.25, 0.3) is 0 Å². The number of anilines is 1. The molecule has 3 heterocycles. The topological polar surface area (TPSA) is 25.4 Å². The predicted octanol–water partition coefficient (Wildman–Crippen LogP) is -2.02. The van der Waals surface area contributed by atoms with Crippen molar-refractivity contribution in [3.05, 3.63) is 18.3 Å². The molecule has 0 aromatic carbocycles. The number of pyridine rings is 1. The molecule has 2 aliphatic heterocycles. The van der Waals surface area contributed by atoms with E-state index in [-0.39, 0.29) is 43.1 Å². The maximum Gasteiger partial charge on any atom is 1.00 e. The molecule has 3 rings (SSSR count). The van der Waals surface area contributed by atoms with Gasteiger partial charge in [-0.25, -0.2) is 0 Å². The van der Waals surface area contributed by atoms with Crippen LogP contribution in [0.3, 0.4) is 0 Å². The number of fused-ring (bicyclic) bond motifs is 3. The number of hydrogen-bond acceptors (Lipinski definition) is 4. The molecule has 0 amide bonds. The van der Waals surface area contributed by atoms with Crippen LogP contribution < -0.4 is 39.2 Å². The van der Waals surface area contributed by atoms with Gasteiger partial charge in [-0.1, -0.05) is 6.20 Å². The first-order valence-electron chi connectivity index (χ1n) is 4.71. The average Bonchev–Trinajstić information content (AvgIpc) is 2.65. The van der Waals surface area contributed by atoms with Gasteiger partial charge in [-0.2, -0.15) is 6.07 Å². The largest absolute Gasteiger partial charge is 1.00 e. The van der Waals surface area contributed by atoms with E-state index in [4.69, 9.17) is 4.74 Å². The Hall–Kier alpha value is 0.100. The number of nitrogens with zero attached hydrogens (tertiary/aromatic N) is 2. The van der Waals surface area contributed by atoms with Gasteiger partial charge in [0.2, 0.25) is 0 Å². The van der Waals surface area contributed by atoms with Gasteiger partial charge in [0, 0.05) is 12.3 Å². The molecule has 0 radical (unpaired) electrons. The van der Waals surface area contributed by atoms with E-state index in [1.807, 2.05) is 0 Å². The smallest absolute Gasteiger partial charge is 0.813 e. The number of thiol groups is 1. The van der Waals surface area contributed by atoms with Gasteiger partial charge in [0.15, 0.2) is 0 Å². The number of ether oxygens (including phenoxy) is 1. The molecule has 1 aromatic rings. The summed E-state index contributed by atoms with van der Waals surface area (Å²) in [7, 11) is 0. The van der Waals surface area contributed by atoms with E-state index in [2.05, 4.69) is 16.0 Å². The second kappa shape index (κ2) is 5.43. The van der Waals surface area contributed by atoms with E-state index in [0.29, 0.717) is 6.04 Å². The van der Waals surface area contributed by atoms with Crippen molar-refractivity contribution < 1.29 is 34.3 Å². The van der Waals surface area contributed by atoms with Crippen LogP contribution in [-0.2, 0) is 13.5 Å². The second-order valence-electron chi connectivity index (χ2n) is 3.54. The van der Waals surface area contributed by atoms with Crippen molar-refractivity contribution in [2.75, 3.05) is 18.1 Å². The Labute approximate surface area is 119 Å². The molecule has 2 aliphatic rings. The molecule has 15 heavy (non-hydrogen) atoms. The Morgan fingerprint density at radius 3 is 3.27 bits per heavy atom. The quantitative estimate of drug-likeness (QED) is 0.223. The minimum absolute atomic E-state index is 0. The summed E-state index contributed by atoms with van der Waals surface area (Å²) in [6.07, 6.45) is 4.27. The van der Waals surface area contributed by atoms with Gasteiger partial charge >= 0.3 is 29.6 Å². The first-order valence-corrected chi connectivity index (χ1v) is 4.71. The van der Waals surface area contributed by atoms with E-state index in [9.17, 15) is 0 Å². The van der Waals surface area contributed by atoms with Crippen molar-refractivity contribution in [2.45, 2.75) is 18.9 Å². The van der Waals surface area contributed by atoms with Crippen molar-refractivity contribution in [1.29, 1.82) is 0 Å². The molecule has 0 saturated carbocycles. The molecule has 0 unspecified atom stereocenters. The average molecular weight is 231 g/mol. The van der Waals surface area contributed by atoms with Gasteiger partial charge in [-0.05, 0) is 12.8 Å². The minimum atomic E-state index is 0. The van der Waals surface area contributed by atoms with Crippen LogP contribution in [0, 0.1) is 6.07 Å². The summed E-state index contributed by atoms with van der Waals surface area (Å²) in [5.74, 6) is 1.80. The number of rotatable bonds is 0. The standard InChI is InChI=1S/C10H11N2O.Na.H2S/c1-4-9-10(11-5-1)12-6-2-3-8(12)7-13-9;;/h1,5,8H,2-3,6-7H2;;1H2/q-1;+1;/p-1/t8-;;/m0../s1. The van der Waals surface area contributed by atoms with Gasteiger partial charge in [0.25, 0.3) is 0 Å². The van der Waals surface area contributed by atoms with Crippen LogP contribution in [0.2, 0.25) is 0 Å². The third kappa shape index (κ3) is 2.28. The normalized spacial score (nSPS) is 21.6. The first kappa shape index (κ1) is 13.2. The van der Waals surface area contributed by atoms with Crippen LogP contribution in [0.4, 0.5) is 5.82 Å². The Morgan fingerprint density at radius 1 is 1.53 bits per heavy atom. The fraction of sp³-hybridized carbons (Fsp3) is 0.500. The molecule has 0 aliphatic carbocycles. The molecule has 0 bridgehead atoms. The fourth-order valence-corrected chi connectivity index (χ4v) is 2.12. The molecule has 3 nitrogen and oxygen atoms in total. The molecule has 76 valence electrons. The zero-order valence-electron chi connectivity index (χ0n) is 8.81. The summed E-state index contributed by atoms with van der Waals surface area (Å²) in [5.41, 5.74) is 0. The first-order chi connectivity index (χ1) is 6.45. The van der Waals surface area contributed by atoms with E-state index in [1.165, 1.54) is 12.8 Å². The predicted molar refractivity (Wildman–Crippen MR) is 57.7 cm³/mol. The maximum atomic E-state index is 5.58. The number of hydrogen-bond donors (Lipinski definition) is 0. The third-order valence-electron chi connectivity index (χ3n) is 2.76. The van der Waals surface area contributed by atoms with E-state index in [0.717, 1.165) is 24.7 Å². The summed E-state index contributed by atoms with van der Waals surface area (Å²) in [6, 6.07) is 5.43. The van der Waals surface area contributed by atoms with Gasteiger partial charge < -0.3 is 28.1 Å². The Kier molecular flexibility index (Phi) is 4.77. The van der Waals surface area contributed by atoms with E-state index >= 15 is 0 Å². The summed E-state index contributed by atoms with van der Waals surface area (Å²) in [5, 5.41) is 0. The van der Waals surface area contributed by atoms with Crippen molar-refractivity contribution >= 4 is 19.3 Å². The van der Waals surface area contributed by atoms with Crippen LogP contribution in [0.1, 0.15) is 12.8 Å². The number of aromatic nitrogens is 1. The van der Waals surface area contributed by atoms with Gasteiger partial charge in [0.05, 0.1) is 11.9 Å². The monoisotopic (exact) mass is 231 g/mol. The summed E-state index contributed by atoms with van der Waals surface area (Å²) >= 11 is 0. The molecule has 0 N–H and O–H groups in total. The molecular weight excluding hydrogens is 219 g/mol. The van der Waals surface area contributed by atoms with Crippen LogP contribution in [-0.4, -0.2) is 24.2 Å². The maximum absolute atomic E-state index is 5.58. The summed E-state index contributed by atoms with van der Waals surface area (Å²) < 4.78 is 5.58. The van der Waals surface area contributed by atoms with Crippen molar-refractivity contribution in [2.24, 2.45) is 0 Å². The fourth-order valence-electron chi connectivity index (χ4n) is 2.12. The van der Waals surface area contributed by atoms with Gasteiger partial charge in [-0.15, -0.1) is 6.07 Å². The van der Waals surface area contributed by atoms with E-state index in [1.54, 1.807) is 12.3 Å². The van der Waals surface area contributed by atoms with Crippen LogP contribution in [0.15, 0.2) is 12.3 Å². The SMILES string of the molecule is [Na+].[SH-].[c-]1ccnc2c1OC[C@@H]1CCCN21. The van der Waals surface area contributed by atoms with Crippen molar-refractivity contribution in [3.8, 4) is 5.75 Å². The van der Waals surface area contributed by atoms with E-state index < -0.39 is 0 Å². The molecule has 1 atom stereocenters. The molecule has 1 fully saturated rings. The zero-order valence-corrected chi connectivity index (χ0v) is 11.7. The molecule has 1 saturated heterocycles. The zero-order chi connectivity index (χ0) is 8.67. The van der Waals surface area contributed by atoms with Crippen molar-refractivity contribution in [1.82, 2.24) is 4.98 Å². The second-order valence-corrected chi connectivity index (χ2v) is 3.54. The van der Waals surface area contributed by atoms with Crippen LogP contribution in [0.5, 0.6) is 5.75 Å².